The van der Waals surface area contributed by atoms with Crippen LogP contribution < -0.4 is 16.2 Å². The number of piperidine rings is 1. The Bertz CT molecular complexity index is 836. The number of unbranched alkanes of at least 4 members (excludes halogenated alkanes) is 1. The Hall–Kier alpha value is -2.09. The Morgan fingerprint density at radius 3 is 2.69 bits per heavy atom. The Labute approximate surface area is 172 Å². The Morgan fingerprint density at radius 2 is 2.00 bits per heavy atom. The minimum absolute atomic E-state index is 0.182. The maximum atomic E-state index is 12.4. The summed E-state index contributed by atoms with van der Waals surface area (Å²) in [5.41, 5.74) is 6.88. The van der Waals surface area contributed by atoms with Crippen molar-refractivity contribution in [2.24, 2.45) is 11.8 Å². The lowest BCUT2D eigenvalue weighted by Crippen LogP contribution is -2.36. The zero-order chi connectivity index (χ0) is 20.8. The van der Waals surface area contributed by atoms with E-state index < -0.39 is 0 Å². The van der Waals surface area contributed by atoms with E-state index in [4.69, 9.17) is 10.5 Å². The van der Waals surface area contributed by atoms with Gasteiger partial charge < -0.3 is 20.4 Å². The van der Waals surface area contributed by atoms with Crippen LogP contribution in [0, 0.1) is 11.8 Å². The second-order valence-corrected chi connectivity index (χ2v) is 8.65. The van der Waals surface area contributed by atoms with Gasteiger partial charge >= 0.3 is 11.7 Å². The van der Waals surface area contributed by atoms with E-state index in [1.54, 1.807) is 4.57 Å². The van der Waals surface area contributed by atoms with Crippen LogP contribution in [0.1, 0.15) is 59.3 Å². The molecule has 1 aliphatic rings. The fourth-order valence-corrected chi connectivity index (χ4v) is 4.12. The van der Waals surface area contributed by atoms with Crippen LogP contribution in [-0.2, 0) is 6.54 Å². The second kappa shape index (κ2) is 10.1. The lowest BCUT2D eigenvalue weighted by Gasteiger charge is -2.33. The van der Waals surface area contributed by atoms with Crippen LogP contribution in [0.4, 0.5) is 5.82 Å². The third-order valence-corrected chi connectivity index (χ3v) is 5.68. The molecule has 1 saturated heterocycles. The molecule has 8 heteroatoms. The maximum absolute atomic E-state index is 12.4. The molecule has 3 N–H and O–H groups in total. The van der Waals surface area contributed by atoms with Crippen molar-refractivity contribution in [3.63, 3.8) is 0 Å². The van der Waals surface area contributed by atoms with Gasteiger partial charge in [-0.2, -0.15) is 9.97 Å². The van der Waals surface area contributed by atoms with Gasteiger partial charge in [0.15, 0.2) is 11.5 Å². The average molecular weight is 405 g/mol. The molecule has 0 spiro atoms. The Balaban J connectivity index is 1.58. The van der Waals surface area contributed by atoms with Crippen LogP contribution in [0.2, 0.25) is 0 Å². The van der Waals surface area contributed by atoms with Gasteiger partial charge in [0.25, 0.3) is 0 Å². The molecule has 1 fully saturated rings. The van der Waals surface area contributed by atoms with Crippen molar-refractivity contribution in [2.75, 3.05) is 32.0 Å². The lowest BCUT2D eigenvalue weighted by atomic mass is 9.92. The van der Waals surface area contributed by atoms with E-state index >= 15 is 0 Å². The number of fused-ring (bicyclic) bond motifs is 1. The highest BCUT2D eigenvalue weighted by Crippen LogP contribution is 2.23. The van der Waals surface area contributed by atoms with Crippen LogP contribution in [-0.4, -0.2) is 50.7 Å². The number of nitrogen functional groups attached to an aromatic ring is 1. The summed E-state index contributed by atoms with van der Waals surface area (Å²) in [4.78, 5) is 26.4. The van der Waals surface area contributed by atoms with Gasteiger partial charge in [0.1, 0.15) is 5.52 Å². The number of hydrogen-bond donors (Lipinski definition) is 2. The summed E-state index contributed by atoms with van der Waals surface area (Å²) >= 11 is 0. The van der Waals surface area contributed by atoms with Crippen LogP contribution in [0.5, 0.6) is 6.01 Å². The molecule has 2 aromatic rings. The van der Waals surface area contributed by atoms with Crippen molar-refractivity contribution in [1.29, 1.82) is 0 Å². The topological polar surface area (TPSA) is 102 Å². The molecule has 29 heavy (non-hydrogen) atoms. The molecule has 0 saturated carbocycles. The van der Waals surface area contributed by atoms with E-state index in [1.165, 1.54) is 32.5 Å². The zero-order valence-electron chi connectivity index (χ0n) is 18.1. The molecule has 3 rings (SSSR count). The number of aromatic nitrogens is 4. The highest BCUT2D eigenvalue weighted by Gasteiger charge is 2.20. The monoisotopic (exact) mass is 404 g/mol. The van der Waals surface area contributed by atoms with E-state index in [0.29, 0.717) is 24.3 Å². The molecule has 0 unspecified atom stereocenters. The van der Waals surface area contributed by atoms with Gasteiger partial charge in [0.05, 0.1) is 6.61 Å². The van der Waals surface area contributed by atoms with Crippen molar-refractivity contribution in [2.45, 2.75) is 65.8 Å². The number of H-pyrrole nitrogens is 1. The van der Waals surface area contributed by atoms with Crippen LogP contribution in [0.3, 0.4) is 0 Å². The molecule has 0 atom stereocenters. The average Bonchev–Trinajstić information content (AvgIpc) is 2.99. The standard InChI is InChI=1S/C21H36N6O2/c1-4-5-13-29-20-24-18(22)17-19(25-20)27(21(28)23-17)10-6-7-16-8-11-26(12-9-16)14-15(2)3/h15-16H,4-14H2,1-3H3,(H,23,28)(H2,22,24,25). The maximum Gasteiger partial charge on any atom is 0.327 e. The summed E-state index contributed by atoms with van der Waals surface area (Å²) in [6.07, 6.45) is 6.55. The first-order valence-electron chi connectivity index (χ1n) is 11.1. The number of hydrogen-bond acceptors (Lipinski definition) is 6. The quantitative estimate of drug-likeness (QED) is 0.590. The van der Waals surface area contributed by atoms with E-state index in [0.717, 1.165) is 37.5 Å². The number of rotatable bonds is 10. The van der Waals surface area contributed by atoms with Gasteiger partial charge in [-0.25, -0.2) is 4.79 Å². The predicted molar refractivity (Wildman–Crippen MR) is 116 cm³/mol. The molecule has 8 nitrogen and oxygen atoms in total. The minimum Gasteiger partial charge on any atom is -0.463 e. The fourth-order valence-electron chi connectivity index (χ4n) is 4.12. The van der Waals surface area contributed by atoms with E-state index in [2.05, 4.69) is 40.6 Å². The fraction of sp³-hybridized carbons (Fsp3) is 0.762. The van der Waals surface area contributed by atoms with E-state index in [-0.39, 0.29) is 17.5 Å². The summed E-state index contributed by atoms with van der Waals surface area (Å²) in [5, 5.41) is 0. The molecule has 162 valence electrons. The molecule has 2 aromatic heterocycles. The molecule has 0 amide bonds. The van der Waals surface area contributed by atoms with Crippen molar-refractivity contribution in [3.05, 3.63) is 10.5 Å². The van der Waals surface area contributed by atoms with Crippen molar-refractivity contribution >= 4 is 17.0 Å². The minimum atomic E-state index is -0.182. The van der Waals surface area contributed by atoms with Gasteiger partial charge in [-0.1, -0.05) is 27.2 Å². The zero-order valence-corrected chi connectivity index (χ0v) is 18.1. The number of imidazole rings is 1. The third-order valence-electron chi connectivity index (χ3n) is 5.68. The molecule has 0 aliphatic carbocycles. The SMILES string of the molecule is CCCCOc1nc(N)c2[nH]c(=O)n(CCCC3CCN(CC(C)C)CC3)c2n1. The number of nitrogens with two attached hydrogens (primary N) is 1. The van der Waals surface area contributed by atoms with Crippen LogP contribution >= 0.6 is 0 Å². The predicted octanol–water partition coefficient (Wildman–Crippen LogP) is 3.03. The number of nitrogens with zero attached hydrogens (tertiary/aromatic N) is 4. The van der Waals surface area contributed by atoms with E-state index in [1.807, 2.05) is 0 Å². The van der Waals surface area contributed by atoms with Gasteiger partial charge in [0, 0.05) is 13.1 Å². The first-order valence-corrected chi connectivity index (χ1v) is 11.1. The van der Waals surface area contributed by atoms with Crippen LogP contribution in [0.15, 0.2) is 4.79 Å². The first kappa shape index (κ1) is 21.6. The third kappa shape index (κ3) is 5.72. The molecule has 0 aromatic carbocycles. The molecule has 1 aliphatic heterocycles. The van der Waals surface area contributed by atoms with Crippen molar-refractivity contribution in [3.8, 4) is 6.01 Å². The van der Waals surface area contributed by atoms with Gasteiger partial charge in [-0.15, -0.1) is 0 Å². The van der Waals surface area contributed by atoms with Gasteiger partial charge in [-0.05, 0) is 57.0 Å². The lowest BCUT2D eigenvalue weighted by molar-refractivity contribution is 0.161. The highest BCUT2D eigenvalue weighted by molar-refractivity contribution is 5.81. The second-order valence-electron chi connectivity index (χ2n) is 8.65. The van der Waals surface area contributed by atoms with E-state index in [9.17, 15) is 4.79 Å². The number of aryl methyl sites for hydroxylation is 1. The summed E-state index contributed by atoms with van der Waals surface area (Å²) in [5.74, 6) is 1.73. The van der Waals surface area contributed by atoms with Crippen LogP contribution in [0.25, 0.3) is 11.2 Å². The number of nitrogens with one attached hydrogen (secondary N) is 1. The molecule has 0 radical (unpaired) electrons. The number of anilines is 1. The largest absolute Gasteiger partial charge is 0.463 e. The summed E-state index contributed by atoms with van der Waals surface area (Å²) in [6, 6.07) is 0.244. The Kier molecular flexibility index (Phi) is 7.52. The molecular weight excluding hydrogens is 368 g/mol. The van der Waals surface area contributed by atoms with Crippen molar-refractivity contribution in [1.82, 2.24) is 24.4 Å². The molecular formula is C21H36N6O2. The smallest absolute Gasteiger partial charge is 0.327 e. The number of ether oxygens (including phenoxy) is 1. The highest BCUT2D eigenvalue weighted by atomic mass is 16.5. The first-order chi connectivity index (χ1) is 14.0. The summed E-state index contributed by atoms with van der Waals surface area (Å²) in [6.45, 7) is 11.4. The summed E-state index contributed by atoms with van der Waals surface area (Å²) in [7, 11) is 0. The molecule has 3 heterocycles. The molecule has 0 bridgehead atoms. The normalized spacial score (nSPS) is 16.1. The number of aromatic amines is 1. The van der Waals surface area contributed by atoms with Gasteiger partial charge in [0.2, 0.25) is 0 Å². The Morgan fingerprint density at radius 1 is 1.24 bits per heavy atom. The number of likely N-dealkylation sites (tertiary alicyclic amines) is 1. The van der Waals surface area contributed by atoms with Gasteiger partial charge in [-0.3, -0.25) is 4.57 Å². The summed E-state index contributed by atoms with van der Waals surface area (Å²) < 4.78 is 7.28. The van der Waals surface area contributed by atoms with Crippen molar-refractivity contribution < 1.29 is 4.74 Å².